The van der Waals surface area contributed by atoms with Gasteiger partial charge in [0.05, 0.1) is 31.5 Å². The number of hydrogen-bond donors (Lipinski definition) is 0. The highest BCUT2D eigenvalue weighted by molar-refractivity contribution is 7.09. The summed E-state index contributed by atoms with van der Waals surface area (Å²) in [5.41, 5.74) is 0.797. The van der Waals surface area contributed by atoms with E-state index in [4.69, 9.17) is 9.47 Å². The molecule has 0 unspecified atom stereocenters. The molecule has 7 heteroatoms. The molecule has 0 spiro atoms. The topological polar surface area (TPSA) is 64.5 Å². The highest BCUT2D eigenvalue weighted by Crippen LogP contribution is 2.15. The third-order valence-electron chi connectivity index (χ3n) is 3.29. The Balaban J connectivity index is 1.51. The normalized spacial score (nSPS) is 14.8. The van der Waals surface area contributed by atoms with Crippen molar-refractivity contribution in [3.63, 3.8) is 0 Å². The number of nitrogens with zero attached hydrogens (tertiary/aromatic N) is 3. The fourth-order valence-corrected chi connectivity index (χ4v) is 2.86. The Morgan fingerprint density at radius 3 is 3.05 bits per heavy atom. The SMILES string of the molecule is O=C(Cc1csc(COc2cccnc2)n1)N1CCOCC1. The fraction of sp³-hybridized carbons (Fsp3) is 0.400. The van der Waals surface area contributed by atoms with Gasteiger partial charge in [0.25, 0.3) is 0 Å². The van der Waals surface area contributed by atoms with Crippen LogP contribution < -0.4 is 4.74 Å². The lowest BCUT2D eigenvalue weighted by molar-refractivity contribution is -0.134. The van der Waals surface area contributed by atoms with Gasteiger partial charge in [0.2, 0.25) is 5.91 Å². The molecule has 6 nitrogen and oxygen atoms in total. The number of carbonyl (C=O) groups is 1. The second-order valence-corrected chi connectivity index (χ2v) is 5.82. The molecule has 1 aliphatic heterocycles. The number of thiazole rings is 1. The average molecular weight is 319 g/mol. The predicted octanol–water partition coefficient (Wildman–Crippen LogP) is 1.52. The van der Waals surface area contributed by atoms with Gasteiger partial charge >= 0.3 is 0 Å². The van der Waals surface area contributed by atoms with E-state index in [9.17, 15) is 4.79 Å². The molecule has 1 aliphatic rings. The van der Waals surface area contributed by atoms with Crippen molar-refractivity contribution >= 4 is 17.2 Å². The summed E-state index contributed by atoms with van der Waals surface area (Å²) >= 11 is 1.51. The summed E-state index contributed by atoms with van der Waals surface area (Å²) in [5, 5.41) is 2.77. The van der Waals surface area contributed by atoms with Crippen LogP contribution in [0.1, 0.15) is 10.7 Å². The van der Waals surface area contributed by atoms with Crippen LogP contribution >= 0.6 is 11.3 Å². The first kappa shape index (κ1) is 14.9. The average Bonchev–Trinajstić information content (AvgIpc) is 3.02. The van der Waals surface area contributed by atoms with E-state index in [2.05, 4.69) is 9.97 Å². The quantitative estimate of drug-likeness (QED) is 0.836. The number of morpholine rings is 1. The molecule has 1 saturated heterocycles. The van der Waals surface area contributed by atoms with E-state index in [1.54, 1.807) is 12.4 Å². The first-order valence-electron chi connectivity index (χ1n) is 7.13. The number of amides is 1. The molecule has 1 fully saturated rings. The van der Waals surface area contributed by atoms with Gasteiger partial charge in [-0.15, -0.1) is 11.3 Å². The summed E-state index contributed by atoms with van der Waals surface area (Å²) in [5.74, 6) is 0.817. The van der Waals surface area contributed by atoms with Crippen LogP contribution in [0.15, 0.2) is 29.9 Å². The van der Waals surface area contributed by atoms with Crippen molar-refractivity contribution in [3.8, 4) is 5.75 Å². The van der Waals surface area contributed by atoms with Crippen LogP contribution in [0.2, 0.25) is 0 Å². The molecule has 116 valence electrons. The lowest BCUT2D eigenvalue weighted by Crippen LogP contribution is -2.41. The Bertz CT molecular complexity index is 612. The van der Waals surface area contributed by atoms with Crippen molar-refractivity contribution in [2.75, 3.05) is 26.3 Å². The smallest absolute Gasteiger partial charge is 0.228 e. The zero-order valence-electron chi connectivity index (χ0n) is 12.1. The highest BCUT2D eigenvalue weighted by atomic mass is 32.1. The van der Waals surface area contributed by atoms with Gasteiger partial charge in [-0.3, -0.25) is 9.78 Å². The molecule has 0 atom stereocenters. The Hall–Kier alpha value is -1.99. The molecule has 1 amide bonds. The van der Waals surface area contributed by atoms with Crippen LogP contribution in [-0.2, 0) is 22.6 Å². The Morgan fingerprint density at radius 2 is 2.27 bits per heavy atom. The first-order chi connectivity index (χ1) is 10.8. The summed E-state index contributed by atoms with van der Waals surface area (Å²) in [6, 6.07) is 3.67. The third-order valence-corrected chi connectivity index (χ3v) is 4.16. The predicted molar refractivity (Wildman–Crippen MR) is 81.8 cm³/mol. The van der Waals surface area contributed by atoms with E-state index in [0.717, 1.165) is 10.7 Å². The van der Waals surface area contributed by atoms with Gasteiger partial charge in [-0.2, -0.15) is 0 Å². The summed E-state index contributed by atoms with van der Waals surface area (Å²) in [6.07, 6.45) is 3.70. The summed E-state index contributed by atoms with van der Waals surface area (Å²) in [4.78, 5) is 22.4. The Kier molecular flexibility index (Phi) is 4.97. The van der Waals surface area contributed by atoms with E-state index in [1.807, 2.05) is 22.4 Å². The minimum absolute atomic E-state index is 0.105. The molecule has 0 aliphatic carbocycles. The fourth-order valence-electron chi connectivity index (χ4n) is 2.15. The minimum Gasteiger partial charge on any atom is -0.485 e. The van der Waals surface area contributed by atoms with Crippen molar-refractivity contribution in [1.82, 2.24) is 14.9 Å². The largest absolute Gasteiger partial charge is 0.485 e. The van der Waals surface area contributed by atoms with Crippen LogP contribution in [0.3, 0.4) is 0 Å². The molecule has 0 bridgehead atoms. The van der Waals surface area contributed by atoms with Gasteiger partial charge < -0.3 is 14.4 Å². The summed E-state index contributed by atoms with van der Waals surface area (Å²) in [6.45, 7) is 2.96. The molecule has 2 aromatic rings. The molecular weight excluding hydrogens is 302 g/mol. The van der Waals surface area contributed by atoms with E-state index in [-0.39, 0.29) is 5.91 Å². The third kappa shape index (κ3) is 4.02. The zero-order chi connectivity index (χ0) is 15.2. The standard InChI is InChI=1S/C15H17N3O3S/c19-15(18-4-6-20-7-5-18)8-12-11-22-14(17-12)10-21-13-2-1-3-16-9-13/h1-3,9,11H,4-8,10H2. The molecule has 3 rings (SSSR count). The number of aromatic nitrogens is 2. The second-order valence-electron chi connectivity index (χ2n) is 4.88. The van der Waals surface area contributed by atoms with Gasteiger partial charge in [-0.1, -0.05) is 0 Å². The van der Waals surface area contributed by atoms with Crippen LogP contribution in [0, 0.1) is 0 Å². The molecule has 3 heterocycles. The maximum Gasteiger partial charge on any atom is 0.228 e. The van der Waals surface area contributed by atoms with E-state index in [1.165, 1.54) is 11.3 Å². The monoisotopic (exact) mass is 319 g/mol. The van der Waals surface area contributed by atoms with Crippen LogP contribution in [-0.4, -0.2) is 47.1 Å². The van der Waals surface area contributed by atoms with Gasteiger partial charge in [0, 0.05) is 24.7 Å². The molecule has 22 heavy (non-hydrogen) atoms. The molecule has 0 N–H and O–H groups in total. The van der Waals surface area contributed by atoms with Crippen molar-refractivity contribution in [1.29, 1.82) is 0 Å². The van der Waals surface area contributed by atoms with E-state index in [0.29, 0.717) is 45.1 Å². The number of hydrogen-bond acceptors (Lipinski definition) is 6. The number of carbonyl (C=O) groups excluding carboxylic acids is 1. The van der Waals surface area contributed by atoms with E-state index < -0.39 is 0 Å². The van der Waals surface area contributed by atoms with Gasteiger partial charge in [0.15, 0.2) is 0 Å². The zero-order valence-corrected chi connectivity index (χ0v) is 12.9. The Morgan fingerprint density at radius 1 is 1.41 bits per heavy atom. The number of ether oxygens (including phenoxy) is 2. The molecular formula is C15H17N3O3S. The molecule has 2 aromatic heterocycles. The van der Waals surface area contributed by atoms with Crippen LogP contribution in [0.5, 0.6) is 5.75 Å². The van der Waals surface area contributed by atoms with Gasteiger partial charge in [-0.25, -0.2) is 4.98 Å². The lowest BCUT2D eigenvalue weighted by Gasteiger charge is -2.26. The van der Waals surface area contributed by atoms with Crippen LogP contribution in [0.25, 0.3) is 0 Å². The van der Waals surface area contributed by atoms with Gasteiger partial charge in [-0.05, 0) is 12.1 Å². The minimum atomic E-state index is 0.105. The number of pyridine rings is 1. The van der Waals surface area contributed by atoms with Crippen molar-refractivity contribution < 1.29 is 14.3 Å². The number of rotatable bonds is 5. The Labute approximate surface area is 132 Å². The maximum atomic E-state index is 12.2. The molecule has 0 aromatic carbocycles. The van der Waals surface area contributed by atoms with Crippen molar-refractivity contribution in [2.24, 2.45) is 0 Å². The second kappa shape index (κ2) is 7.33. The van der Waals surface area contributed by atoms with E-state index >= 15 is 0 Å². The maximum absolute atomic E-state index is 12.2. The highest BCUT2D eigenvalue weighted by Gasteiger charge is 2.18. The van der Waals surface area contributed by atoms with Crippen molar-refractivity contribution in [3.05, 3.63) is 40.6 Å². The lowest BCUT2D eigenvalue weighted by atomic mass is 10.3. The molecule has 0 saturated carbocycles. The molecule has 0 radical (unpaired) electrons. The summed E-state index contributed by atoms with van der Waals surface area (Å²) in [7, 11) is 0. The van der Waals surface area contributed by atoms with Crippen molar-refractivity contribution in [2.45, 2.75) is 13.0 Å². The first-order valence-corrected chi connectivity index (χ1v) is 8.01. The van der Waals surface area contributed by atoms with Gasteiger partial charge in [0.1, 0.15) is 17.4 Å². The van der Waals surface area contributed by atoms with Crippen LogP contribution in [0.4, 0.5) is 0 Å². The summed E-state index contributed by atoms with van der Waals surface area (Å²) < 4.78 is 10.8.